The molecule has 0 aromatic carbocycles. The molecule has 0 N–H and O–H groups in total. The fourth-order valence-electron chi connectivity index (χ4n) is 2.03. The summed E-state index contributed by atoms with van der Waals surface area (Å²) in [6, 6.07) is 0. The lowest BCUT2D eigenvalue weighted by atomic mass is 10.0. The molecule has 1 heteroatoms. The fourth-order valence-corrected chi connectivity index (χ4v) is 2.03. The molecule has 1 aliphatic carbocycles. The topological polar surface area (TPSA) is 9.23 Å². The lowest BCUT2D eigenvalue weighted by Crippen LogP contribution is -2.06. The van der Waals surface area contributed by atoms with Gasteiger partial charge < -0.3 is 4.74 Å². The van der Waals surface area contributed by atoms with Crippen LogP contribution in [0.15, 0.2) is 12.2 Å². The number of ether oxygens (including phenoxy) is 1. The van der Waals surface area contributed by atoms with Gasteiger partial charge in [0.15, 0.2) is 0 Å². The summed E-state index contributed by atoms with van der Waals surface area (Å²) >= 11 is 0. The van der Waals surface area contributed by atoms with Crippen LogP contribution in [0.25, 0.3) is 0 Å². The van der Waals surface area contributed by atoms with Crippen molar-refractivity contribution in [2.45, 2.75) is 63.9 Å². The van der Waals surface area contributed by atoms with Gasteiger partial charge in [-0.15, -0.1) is 0 Å². The van der Waals surface area contributed by atoms with E-state index in [0.29, 0.717) is 6.10 Å². The van der Waals surface area contributed by atoms with E-state index in [1.807, 2.05) is 7.11 Å². The van der Waals surface area contributed by atoms with Crippen LogP contribution in [0.1, 0.15) is 57.8 Å². The Labute approximate surface area is 88.5 Å². The largest absolute Gasteiger partial charge is 0.377 e. The van der Waals surface area contributed by atoms with Crippen LogP contribution >= 0.6 is 0 Å². The molecule has 0 aromatic heterocycles. The normalized spacial score (nSPS) is 26.5. The zero-order valence-corrected chi connectivity index (χ0v) is 9.50. The quantitative estimate of drug-likeness (QED) is 0.574. The summed E-state index contributed by atoms with van der Waals surface area (Å²) in [7, 11) is 1.82. The van der Waals surface area contributed by atoms with Gasteiger partial charge in [0.1, 0.15) is 0 Å². The molecule has 1 rings (SSSR count). The van der Waals surface area contributed by atoms with Gasteiger partial charge in [0, 0.05) is 7.11 Å². The molecule has 82 valence electrons. The zero-order chi connectivity index (χ0) is 10.1. The number of allylic oxidation sites excluding steroid dienone is 1. The molecular weight excluding hydrogens is 172 g/mol. The summed E-state index contributed by atoms with van der Waals surface area (Å²) in [5.74, 6) is 0. The van der Waals surface area contributed by atoms with Crippen LogP contribution in [0.2, 0.25) is 0 Å². The van der Waals surface area contributed by atoms with E-state index in [0.717, 1.165) is 0 Å². The van der Waals surface area contributed by atoms with Crippen molar-refractivity contribution in [2.75, 3.05) is 7.11 Å². The highest BCUT2D eigenvalue weighted by Gasteiger charge is 2.02. The van der Waals surface area contributed by atoms with Crippen LogP contribution in [0.5, 0.6) is 0 Å². The van der Waals surface area contributed by atoms with E-state index in [1.165, 1.54) is 57.8 Å². The molecule has 0 saturated carbocycles. The van der Waals surface area contributed by atoms with Gasteiger partial charge in [0.25, 0.3) is 0 Å². The highest BCUT2D eigenvalue weighted by molar-refractivity contribution is 4.89. The van der Waals surface area contributed by atoms with Gasteiger partial charge in [0.05, 0.1) is 6.10 Å². The van der Waals surface area contributed by atoms with Gasteiger partial charge in [-0.3, -0.25) is 0 Å². The summed E-state index contributed by atoms with van der Waals surface area (Å²) in [6.45, 7) is 0. The van der Waals surface area contributed by atoms with Crippen molar-refractivity contribution in [3.05, 3.63) is 12.2 Å². The molecule has 0 heterocycles. The molecule has 1 atom stereocenters. The average Bonchev–Trinajstić information content (AvgIpc) is 2.19. The number of hydrogen-bond acceptors (Lipinski definition) is 1. The molecule has 14 heavy (non-hydrogen) atoms. The second kappa shape index (κ2) is 8.05. The molecule has 0 bridgehead atoms. The first-order chi connectivity index (χ1) is 6.93. The van der Waals surface area contributed by atoms with E-state index < -0.39 is 0 Å². The Bertz CT molecular complexity index is 151. The van der Waals surface area contributed by atoms with Crippen LogP contribution in [-0.4, -0.2) is 13.2 Å². The van der Waals surface area contributed by atoms with E-state index in [9.17, 15) is 0 Å². The fraction of sp³-hybridized carbons (Fsp3) is 0.846. The number of hydrogen-bond donors (Lipinski definition) is 0. The Kier molecular flexibility index (Phi) is 6.77. The van der Waals surface area contributed by atoms with E-state index >= 15 is 0 Å². The van der Waals surface area contributed by atoms with Gasteiger partial charge in [-0.1, -0.05) is 50.7 Å². The van der Waals surface area contributed by atoms with E-state index in [4.69, 9.17) is 4.74 Å². The lowest BCUT2D eigenvalue weighted by Gasteiger charge is -2.11. The summed E-state index contributed by atoms with van der Waals surface area (Å²) in [6.07, 6.45) is 17.1. The van der Waals surface area contributed by atoms with Gasteiger partial charge in [-0.2, -0.15) is 0 Å². The second-order valence-corrected chi connectivity index (χ2v) is 4.25. The first-order valence-corrected chi connectivity index (χ1v) is 6.13. The molecule has 0 saturated heterocycles. The third-order valence-corrected chi connectivity index (χ3v) is 3.01. The van der Waals surface area contributed by atoms with E-state index in [1.54, 1.807) is 0 Å². The maximum Gasteiger partial charge on any atom is 0.0752 e. The minimum Gasteiger partial charge on any atom is -0.377 e. The summed E-state index contributed by atoms with van der Waals surface area (Å²) in [5.41, 5.74) is 0. The molecule has 0 amide bonds. The van der Waals surface area contributed by atoms with Gasteiger partial charge in [0.2, 0.25) is 0 Å². The molecule has 1 unspecified atom stereocenters. The molecule has 1 nitrogen and oxygen atoms in total. The molecule has 0 aromatic rings. The third kappa shape index (κ3) is 5.43. The van der Waals surface area contributed by atoms with Crippen LogP contribution < -0.4 is 0 Å². The van der Waals surface area contributed by atoms with Crippen molar-refractivity contribution in [1.82, 2.24) is 0 Å². The van der Waals surface area contributed by atoms with Gasteiger partial charge >= 0.3 is 0 Å². The molecule has 0 radical (unpaired) electrons. The van der Waals surface area contributed by atoms with Crippen LogP contribution in [-0.2, 0) is 4.74 Å². The maximum absolute atomic E-state index is 5.41. The summed E-state index contributed by atoms with van der Waals surface area (Å²) in [4.78, 5) is 0. The average molecular weight is 196 g/mol. The molecular formula is C13H24O. The molecule has 0 aliphatic heterocycles. The minimum absolute atomic E-state index is 0.370. The predicted molar refractivity (Wildman–Crippen MR) is 61.5 cm³/mol. The van der Waals surface area contributed by atoms with Gasteiger partial charge in [-0.05, 0) is 19.3 Å². The second-order valence-electron chi connectivity index (χ2n) is 4.25. The van der Waals surface area contributed by atoms with Crippen molar-refractivity contribution in [2.24, 2.45) is 0 Å². The molecule has 1 aliphatic rings. The van der Waals surface area contributed by atoms with E-state index in [-0.39, 0.29) is 0 Å². The summed E-state index contributed by atoms with van der Waals surface area (Å²) in [5, 5.41) is 0. The molecule has 0 fully saturated rings. The standard InChI is InChI=1S/C13H24O/c1-14-13-11-9-7-5-3-2-4-6-8-10-12-13/h9,11,13H,2-8,10,12H2,1H3. The van der Waals surface area contributed by atoms with Crippen molar-refractivity contribution < 1.29 is 4.74 Å². The number of methoxy groups -OCH3 is 1. The predicted octanol–water partition coefficient (Wildman–Crippen LogP) is 4.08. The Balaban J connectivity index is 2.28. The highest BCUT2D eigenvalue weighted by atomic mass is 16.5. The molecule has 0 spiro atoms. The Morgan fingerprint density at radius 3 is 2.29 bits per heavy atom. The third-order valence-electron chi connectivity index (χ3n) is 3.01. The van der Waals surface area contributed by atoms with Crippen LogP contribution in [0.3, 0.4) is 0 Å². The zero-order valence-electron chi connectivity index (χ0n) is 9.50. The van der Waals surface area contributed by atoms with Crippen molar-refractivity contribution in [3.63, 3.8) is 0 Å². The smallest absolute Gasteiger partial charge is 0.0752 e. The van der Waals surface area contributed by atoms with E-state index in [2.05, 4.69) is 12.2 Å². The Hall–Kier alpha value is -0.300. The maximum atomic E-state index is 5.41. The minimum atomic E-state index is 0.370. The van der Waals surface area contributed by atoms with Crippen molar-refractivity contribution >= 4 is 0 Å². The first kappa shape index (κ1) is 11.8. The highest BCUT2D eigenvalue weighted by Crippen LogP contribution is 2.14. The Morgan fingerprint density at radius 2 is 1.57 bits per heavy atom. The Morgan fingerprint density at radius 1 is 0.929 bits per heavy atom. The SMILES string of the molecule is COC1C=CCCCCCCCCC1. The first-order valence-electron chi connectivity index (χ1n) is 6.13. The summed E-state index contributed by atoms with van der Waals surface area (Å²) < 4.78 is 5.41. The van der Waals surface area contributed by atoms with Gasteiger partial charge in [-0.25, -0.2) is 0 Å². The van der Waals surface area contributed by atoms with Crippen LogP contribution in [0.4, 0.5) is 0 Å². The number of rotatable bonds is 1. The van der Waals surface area contributed by atoms with Crippen molar-refractivity contribution in [1.29, 1.82) is 0 Å². The monoisotopic (exact) mass is 196 g/mol. The van der Waals surface area contributed by atoms with Crippen molar-refractivity contribution in [3.8, 4) is 0 Å². The van der Waals surface area contributed by atoms with Crippen LogP contribution in [0, 0.1) is 0 Å². The lowest BCUT2D eigenvalue weighted by molar-refractivity contribution is 0.130.